The highest BCUT2D eigenvalue weighted by atomic mass is 16.1. The van der Waals surface area contributed by atoms with Crippen molar-refractivity contribution < 1.29 is 10.1 Å². The number of benzene rings is 1. The number of primary amides is 1. The largest absolute Gasteiger partial charge is 0.365 e. The summed E-state index contributed by atoms with van der Waals surface area (Å²) < 4.78 is 0. The van der Waals surface area contributed by atoms with Gasteiger partial charge in [0.25, 0.3) is 5.91 Å². The molecule has 0 heterocycles. The maximum Gasteiger partial charge on any atom is 0.275 e. The van der Waals surface area contributed by atoms with Crippen LogP contribution in [0.4, 0.5) is 0 Å². The average molecular weight is 277 g/mol. The fraction of sp³-hybridized carbons (Fsp3) is 0.588. The standard InChI is InChI=1S/C17H28N2O/c1-11(2)10-14-6-8-15(9-7-14)16(12(3)4)19-13(5)17(18)20/h6-9,11-13,16,19H,10H2,1-5H3,(H2,18,20)/p+1/t13-,16-/m0/s1. The van der Waals surface area contributed by atoms with Crippen LogP contribution in [0.3, 0.4) is 0 Å². The molecule has 0 saturated heterocycles. The van der Waals surface area contributed by atoms with Gasteiger partial charge in [-0.3, -0.25) is 4.79 Å². The van der Waals surface area contributed by atoms with E-state index in [4.69, 9.17) is 5.73 Å². The number of amides is 1. The highest BCUT2D eigenvalue weighted by molar-refractivity contribution is 5.77. The van der Waals surface area contributed by atoms with Crippen LogP contribution < -0.4 is 11.1 Å². The molecule has 3 nitrogen and oxygen atoms in total. The van der Waals surface area contributed by atoms with Crippen LogP contribution in [0.2, 0.25) is 0 Å². The van der Waals surface area contributed by atoms with Gasteiger partial charge in [-0.05, 0) is 24.8 Å². The number of rotatable bonds is 7. The molecule has 0 saturated carbocycles. The second-order valence-electron chi connectivity index (χ2n) is 6.49. The minimum absolute atomic E-state index is 0.197. The van der Waals surface area contributed by atoms with Crippen LogP contribution in [-0.4, -0.2) is 11.9 Å². The molecule has 1 aromatic carbocycles. The van der Waals surface area contributed by atoms with Gasteiger partial charge in [-0.25, -0.2) is 0 Å². The molecule has 4 N–H and O–H groups in total. The van der Waals surface area contributed by atoms with E-state index < -0.39 is 0 Å². The van der Waals surface area contributed by atoms with Gasteiger partial charge in [-0.1, -0.05) is 52.0 Å². The van der Waals surface area contributed by atoms with Gasteiger partial charge in [0.05, 0.1) is 0 Å². The molecule has 112 valence electrons. The van der Waals surface area contributed by atoms with E-state index in [0.29, 0.717) is 11.8 Å². The molecule has 1 rings (SSSR count). The summed E-state index contributed by atoms with van der Waals surface area (Å²) in [5.41, 5.74) is 8.01. The number of quaternary nitrogens is 1. The Kier molecular flexibility index (Phi) is 6.21. The molecular weight excluding hydrogens is 248 g/mol. The molecule has 0 aromatic heterocycles. The Morgan fingerprint density at radius 1 is 1.10 bits per heavy atom. The molecule has 0 bridgehead atoms. The third-order valence-electron chi connectivity index (χ3n) is 3.67. The van der Waals surface area contributed by atoms with Crippen LogP contribution in [-0.2, 0) is 11.2 Å². The van der Waals surface area contributed by atoms with Crippen molar-refractivity contribution in [2.45, 2.75) is 53.1 Å². The first-order valence-electron chi connectivity index (χ1n) is 7.54. The molecule has 2 atom stereocenters. The van der Waals surface area contributed by atoms with E-state index in [2.05, 4.69) is 57.3 Å². The van der Waals surface area contributed by atoms with Crippen LogP contribution in [0, 0.1) is 11.8 Å². The molecule has 0 aliphatic heterocycles. The summed E-state index contributed by atoms with van der Waals surface area (Å²) in [7, 11) is 0. The van der Waals surface area contributed by atoms with Crippen LogP contribution in [0.25, 0.3) is 0 Å². The normalized spacial score (nSPS) is 14.6. The summed E-state index contributed by atoms with van der Waals surface area (Å²) in [6, 6.07) is 8.85. The summed E-state index contributed by atoms with van der Waals surface area (Å²) in [6.45, 7) is 10.7. The van der Waals surface area contributed by atoms with E-state index >= 15 is 0 Å². The lowest BCUT2D eigenvalue weighted by atomic mass is 9.93. The van der Waals surface area contributed by atoms with Crippen molar-refractivity contribution in [3.63, 3.8) is 0 Å². The van der Waals surface area contributed by atoms with Crippen LogP contribution in [0.15, 0.2) is 24.3 Å². The third kappa shape index (κ3) is 4.97. The summed E-state index contributed by atoms with van der Waals surface area (Å²) >= 11 is 0. The fourth-order valence-electron chi connectivity index (χ4n) is 2.47. The van der Waals surface area contributed by atoms with Crippen molar-refractivity contribution in [3.8, 4) is 0 Å². The summed E-state index contributed by atoms with van der Waals surface area (Å²) in [5, 5.41) is 2.07. The Bertz CT molecular complexity index is 423. The van der Waals surface area contributed by atoms with Gasteiger partial charge < -0.3 is 11.1 Å². The number of carbonyl (C=O) groups excluding carboxylic acids is 1. The predicted molar refractivity (Wildman–Crippen MR) is 83.1 cm³/mol. The van der Waals surface area contributed by atoms with E-state index in [0.717, 1.165) is 6.42 Å². The van der Waals surface area contributed by atoms with Gasteiger partial charge in [0.2, 0.25) is 0 Å². The van der Waals surface area contributed by atoms with Crippen molar-refractivity contribution in [3.05, 3.63) is 35.4 Å². The minimum Gasteiger partial charge on any atom is -0.365 e. The second kappa shape index (κ2) is 7.44. The Balaban J connectivity index is 2.84. The summed E-state index contributed by atoms with van der Waals surface area (Å²) in [4.78, 5) is 11.3. The molecule has 3 heteroatoms. The summed E-state index contributed by atoms with van der Waals surface area (Å²) in [6.07, 6.45) is 1.11. The van der Waals surface area contributed by atoms with Crippen molar-refractivity contribution in [2.24, 2.45) is 17.6 Å². The Morgan fingerprint density at radius 3 is 2.05 bits per heavy atom. The maximum absolute atomic E-state index is 11.3. The minimum atomic E-state index is -0.257. The lowest BCUT2D eigenvalue weighted by molar-refractivity contribution is -0.719. The van der Waals surface area contributed by atoms with Crippen molar-refractivity contribution in [1.82, 2.24) is 0 Å². The van der Waals surface area contributed by atoms with Crippen LogP contribution >= 0.6 is 0 Å². The van der Waals surface area contributed by atoms with Crippen molar-refractivity contribution in [2.75, 3.05) is 0 Å². The SMILES string of the molecule is CC(C)Cc1ccc([C@@H]([NH2+][C@@H](C)C(N)=O)C(C)C)cc1. The average Bonchev–Trinajstić information content (AvgIpc) is 2.35. The van der Waals surface area contributed by atoms with Gasteiger partial charge in [-0.2, -0.15) is 0 Å². The van der Waals surface area contributed by atoms with Crippen LogP contribution in [0.1, 0.15) is 51.8 Å². The van der Waals surface area contributed by atoms with E-state index in [9.17, 15) is 4.79 Å². The topological polar surface area (TPSA) is 59.7 Å². The van der Waals surface area contributed by atoms with Crippen LogP contribution in [0.5, 0.6) is 0 Å². The van der Waals surface area contributed by atoms with Gasteiger partial charge in [0.15, 0.2) is 6.04 Å². The zero-order valence-corrected chi connectivity index (χ0v) is 13.4. The first-order valence-corrected chi connectivity index (χ1v) is 7.54. The molecule has 0 radical (unpaired) electrons. The highest BCUT2D eigenvalue weighted by Gasteiger charge is 2.24. The van der Waals surface area contributed by atoms with Crippen molar-refractivity contribution >= 4 is 5.91 Å². The Morgan fingerprint density at radius 2 is 1.65 bits per heavy atom. The zero-order valence-electron chi connectivity index (χ0n) is 13.4. The third-order valence-corrected chi connectivity index (χ3v) is 3.67. The van der Waals surface area contributed by atoms with Gasteiger partial charge in [0, 0.05) is 11.5 Å². The smallest absolute Gasteiger partial charge is 0.275 e. The number of hydrogen-bond acceptors (Lipinski definition) is 1. The monoisotopic (exact) mass is 277 g/mol. The zero-order chi connectivity index (χ0) is 15.3. The van der Waals surface area contributed by atoms with E-state index in [-0.39, 0.29) is 18.0 Å². The van der Waals surface area contributed by atoms with E-state index in [1.54, 1.807) is 0 Å². The molecular formula is C17H29N2O+. The fourth-order valence-corrected chi connectivity index (χ4v) is 2.47. The Labute approximate surface area is 122 Å². The van der Waals surface area contributed by atoms with Gasteiger partial charge in [-0.15, -0.1) is 0 Å². The lowest BCUT2D eigenvalue weighted by Gasteiger charge is -2.22. The van der Waals surface area contributed by atoms with Gasteiger partial charge >= 0.3 is 0 Å². The molecule has 0 unspecified atom stereocenters. The van der Waals surface area contributed by atoms with E-state index in [1.807, 2.05) is 6.92 Å². The molecule has 0 spiro atoms. The van der Waals surface area contributed by atoms with Gasteiger partial charge in [0.1, 0.15) is 6.04 Å². The Hall–Kier alpha value is -1.35. The second-order valence-corrected chi connectivity index (χ2v) is 6.49. The lowest BCUT2D eigenvalue weighted by Crippen LogP contribution is -2.93. The number of carbonyl (C=O) groups is 1. The molecule has 0 fully saturated rings. The number of hydrogen-bond donors (Lipinski definition) is 2. The molecule has 0 aliphatic rings. The highest BCUT2D eigenvalue weighted by Crippen LogP contribution is 2.19. The summed E-state index contributed by atoms with van der Waals surface area (Å²) in [5.74, 6) is 0.864. The molecule has 1 amide bonds. The number of nitrogens with two attached hydrogens (primary N) is 2. The predicted octanol–water partition coefficient (Wildman–Crippen LogP) is 2.02. The molecule has 0 aliphatic carbocycles. The molecule has 20 heavy (non-hydrogen) atoms. The van der Waals surface area contributed by atoms with E-state index in [1.165, 1.54) is 11.1 Å². The molecule has 1 aromatic rings. The quantitative estimate of drug-likeness (QED) is 0.787. The first-order chi connectivity index (χ1) is 9.31. The first kappa shape index (κ1) is 16.7. The maximum atomic E-state index is 11.3. The van der Waals surface area contributed by atoms with Crippen molar-refractivity contribution in [1.29, 1.82) is 0 Å².